The highest BCUT2D eigenvalue weighted by Crippen LogP contribution is 2.42. The minimum atomic E-state index is -4.43. The predicted octanol–water partition coefficient (Wildman–Crippen LogP) is 4.72. The fourth-order valence-corrected chi connectivity index (χ4v) is 5.96. The van der Waals surface area contributed by atoms with Gasteiger partial charge in [-0.25, -0.2) is 4.79 Å². The van der Waals surface area contributed by atoms with E-state index in [9.17, 15) is 18.0 Å². The van der Waals surface area contributed by atoms with E-state index in [2.05, 4.69) is 37.3 Å². The van der Waals surface area contributed by atoms with Crippen LogP contribution in [0.3, 0.4) is 0 Å². The molecule has 0 bridgehead atoms. The van der Waals surface area contributed by atoms with Crippen LogP contribution in [0.25, 0.3) is 11.1 Å². The summed E-state index contributed by atoms with van der Waals surface area (Å²) in [4.78, 5) is 20.4. The Morgan fingerprint density at radius 3 is 2.81 bits per heavy atom. The molecule has 1 atom stereocenters. The first-order chi connectivity index (χ1) is 17.5. The Balaban J connectivity index is 1.35. The number of aromatic nitrogens is 2. The molecule has 1 aromatic carbocycles. The van der Waals surface area contributed by atoms with Crippen molar-refractivity contribution in [1.29, 1.82) is 0 Å². The van der Waals surface area contributed by atoms with E-state index in [0.717, 1.165) is 40.4 Å². The van der Waals surface area contributed by atoms with Gasteiger partial charge in [0.05, 0.1) is 17.7 Å². The molecule has 1 unspecified atom stereocenters. The molecular formula is C26H28BrF3N4O3. The van der Waals surface area contributed by atoms with Gasteiger partial charge in [0.25, 0.3) is 0 Å². The van der Waals surface area contributed by atoms with Crippen LogP contribution in [-0.4, -0.2) is 52.7 Å². The lowest BCUT2D eigenvalue weighted by molar-refractivity contribution is -0.137. The highest BCUT2D eigenvalue weighted by molar-refractivity contribution is 9.10. The van der Waals surface area contributed by atoms with E-state index in [4.69, 9.17) is 9.15 Å². The number of ether oxygens (including phenoxy) is 1. The molecule has 7 nitrogen and oxygen atoms in total. The number of oxazole rings is 1. The Bertz CT molecular complexity index is 1420. The minimum absolute atomic E-state index is 0.339. The first-order valence-electron chi connectivity index (χ1n) is 12.0. The topological polar surface area (TPSA) is 63.7 Å². The van der Waals surface area contributed by atoms with Gasteiger partial charge in [0.2, 0.25) is 0 Å². The van der Waals surface area contributed by atoms with Crippen molar-refractivity contribution in [2.75, 3.05) is 33.4 Å². The van der Waals surface area contributed by atoms with Gasteiger partial charge >= 0.3 is 11.9 Å². The van der Waals surface area contributed by atoms with Gasteiger partial charge in [-0.05, 0) is 42.3 Å². The largest absolute Gasteiger partial charge is 0.419 e. The van der Waals surface area contributed by atoms with Gasteiger partial charge in [0.15, 0.2) is 5.58 Å². The molecule has 4 heterocycles. The third-order valence-corrected chi connectivity index (χ3v) is 8.31. The Hall–Kier alpha value is -2.63. The number of rotatable bonds is 6. The van der Waals surface area contributed by atoms with Gasteiger partial charge in [0.1, 0.15) is 0 Å². The van der Waals surface area contributed by atoms with Gasteiger partial charge in [-0.2, -0.15) is 13.2 Å². The van der Waals surface area contributed by atoms with Crippen LogP contribution in [0, 0.1) is 5.41 Å². The van der Waals surface area contributed by atoms with Crippen LogP contribution in [0.4, 0.5) is 13.2 Å². The maximum Gasteiger partial charge on any atom is 0.419 e. The molecule has 2 aromatic heterocycles. The van der Waals surface area contributed by atoms with Crippen molar-refractivity contribution in [3.63, 3.8) is 0 Å². The number of hydrogen-bond acceptors (Lipinski definition) is 6. The molecule has 37 heavy (non-hydrogen) atoms. The Kier molecular flexibility index (Phi) is 6.74. The number of hydrogen-bond donors (Lipinski definition) is 0. The molecule has 3 aromatic rings. The number of fused-ring (bicyclic) bond motifs is 2. The van der Waals surface area contributed by atoms with Crippen molar-refractivity contribution in [2.45, 2.75) is 32.1 Å². The fraction of sp³-hybridized carbons (Fsp3) is 0.462. The van der Waals surface area contributed by atoms with E-state index >= 15 is 0 Å². The summed E-state index contributed by atoms with van der Waals surface area (Å²) in [6, 6.07) is 4.99. The molecule has 0 saturated carbocycles. The first kappa shape index (κ1) is 26.0. The van der Waals surface area contributed by atoms with Gasteiger partial charge < -0.3 is 14.1 Å². The van der Waals surface area contributed by atoms with Crippen LogP contribution in [0.2, 0.25) is 0 Å². The Labute approximate surface area is 220 Å². The summed E-state index contributed by atoms with van der Waals surface area (Å²) in [6.07, 6.45) is -2.14. The van der Waals surface area contributed by atoms with Crippen LogP contribution >= 0.6 is 15.9 Å². The van der Waals surface area contributed by atoms with Crippen LogP contribution in [0.15, 0.2) is 50.4 Å². The van der Waals surface area contributed by atoms with Crippen molar-refractivity contribution < 1.29 is 22.3 Å². The highest BCUT2D eigenvalue weighted by atomic mass is 79.9. The SMILES string of the molecule is C=C(N1CCc2ncc(C(F)(F)F)cc2C1)C1(COC)CCN(Cc2cc3oc(=O)n(C)c3cc2Br)C1. The van der Waals surface area contributed by atoms with Gasteiger partial charge in [-0.3, -0.25) is 14.5 Å². The average molecular weight is 581 g/mol. The van der Waals surface area contributed by atoms with Crippen LogP contribution < -0.4 is 5.76 Å². The molecular weight excluding hydrogens is 553 g/mol. The molecule has 1 fully saturated rings. The third-order valence-electron chi connectivity index (χ3n) is 7.57. The molecule has 5 rings (SSSR count). The molecule has 11 heteroatoms. The summed E-state index contributed by atoms with van der Waals surface area (Å²) in [5, 5.41) is 0. The Morgan fingerprint density at radius 2 is 2.08 bits per heavy atom. The van der Waals surface area contributed by atoms with E-state index < -0.39 is 17.5 Å². The normalized spacial score (nSPS) is 20.5. The summed E-state index contributed by atoms with van der Waals surface area (Å²) < 4.78 is 53.1. The van der Waals surface area contributed by atoms with E-state index in [0.29, 0.717) is 56.0 Å². The number of methoxy groups -OCH3 is 1. The molecule has 0 spiro atoms. The van der Waals surface area contributed by atoms with Crippen molar-refractivity contribution >= 4 is 27.0 Å². The smallest absolute Gasteiger partial charge is 0.408 e. The van der Waals surface area contributed by atoms with Crippen molar-refractivity contribution in [1.82, 2.24) is 19.4 Å². The average Bonchev–Trinajstić information content (AvgIpc) is 3.38. The molecule has 0 radical (unpaired) electrons. The van der Waals surface area contributed by atoms with Crippen molar-refractivity contribution in [3.05, 3.63) is 74.1 Å². The van der Waals surface area contributed by atoms with E-state index in [1.165, 1.54) is 10.6 Å². The quantitative estimate of drug-likeness (QED) is 0.420. The van der Waals surface area contributed by atoms with Crippen molar-refractivity contribution in [3.8, 4) is 0 Å². The number of likely N-dealkylation sites (tertiary alicyclic amines) is 1. The summed E-state index contributed by atoms with van der Waals surface area (Å²) in [7, 11) is 3.33. The number of aryl methyl sites for hydroxylation is 1. The molecule has 2 aliphatic heterocycles. The zero-order chi connectivity index (χ0) is 26.5. The lowest BCUT2D eigenvalue weighted by atomic mass is 9.83. The monoisotopic (exact) mass is 580 g/mol. The van der Waals surface area contributed by atoms with E-state index in [-0.39, 0.29) is 5.41 Å². The summed E-state index contributed by atoms with van der Waals surface area (Å²) in [5.41, 5.74) is 3.34. The maximum absolute atomic E-state index is 13.3. The second-order valence-corrected chi connectivity index (χ2v) is 10.8. The number of benzene rings is 1. The molecule has 0 aliphatic carbocycles. The predicted molar refractivity (Wildman–Crippen MR) is 136 cm³/mol. The van der Waals surface area contributed by atoms with E-state index in [1.807, 2.05) is 12.1 Å². The summed E-state index contributed by atoms with van der Waals surface area (Å²) >= 11 is 3.63. The molecule has 0 amide bonds. The fourth-order valence-electron chi connectivity index (χ4n) is 5.51. The Morgan fingerprint density at radius 1 is 1.30 bits per heavy atom. The zero-order valence-electron chi connectivity index (χ0n) is 20.7. The first-order valence-corrected chi connectivity index (χ1v) is 12.8. The van der Waals surface area contributed by atoms with Crippen LogP contribution in [-0.2, 0) is 37.5 Å². The van der Waals surface area contributed by atoms with Crippen LogP contribution in [0.5, 0.6) is 0 Å². The maximum atomic E-state index is 13.3. The molecule has 0 N–H and O–H groups in total. The standard InChI is InChI=1S/C26H28BrF3N4O3/c1-16(34-6-4-21-18(13-34)8-19(11-31-21)26(28,29)30)25(15-36-3)5-7-33(14-25)12-17-9-23-22(10-20(17)27)32(2)24(35)37-23/h8-11H,1,4-7,12-15H2,2-3H3. The number of halogens is 4. The second-order valence-electron chi connectivity index (χ2n) is 9.96. The number of pyridine rings is 1. The summed E-state index contributed by atoms with van der Waals surface area (Å²) in [5.74, 6) is -0.406. The zero-order valence-corrected chi connectivity index (χ0v) is 22.3. The van der Waals surface area contributed by atoms with Crippen molar-refractivity contribution in [2.24, 2.45) is 12.5 Å². The molecule has 2 aliphatic rings. The van der Waals surface area contributed by atoms with Gasteiger partial charge in [-0.1, -0.05) is 22.5 Å². The number of alkyl halides is 3. The lowest BCUT2D eigenvalue weighted by Gasteiger charge is -2.41. The van der Waals surface area contributed by atoms with E-state index in [1.54, 1.807) is 14.2 Å². The molecule has 198 valence electrons. The molecule has 1 saturated heterocycles. The second kappa shape index (κ2) is 9.59. The van der Waals surface area contributed by atoms with Crippen LogP contribution in [0.1, 0.15) is 28.8 Å². The third kappa shape index (κ3) is 4.84. The lowest BCUT2D eigenvalue weighted by Crippen LogP contribution is -2.42. The number of nitrogens with zero attached hydrogens (tertiary/aromatic N) is 4. The van der Waals surface area contributed by atoms with Gasteiger partial charge in [-0.15, -0.1) is 0 Å². The summed E-state index contributed by atoms with van der Waals surface area (Å²) in [6.45, 7) is 7.99. The van der Waals surface area contributed by atoms with Gasteiger partial charge in [0, 0.05) is 74.2 Å². The minimum Gasteiger partial charge on any atom is -0.408 e. The highest BCUT2D eigenvalue weighted by Gasteiger charge is 2.43.